The molecule has 0 unspecified atom stereocenters. The first-order valence-electron chi connectivity index (χ1n) is 7.47. The van der Waals surface area contributed by atoms with Crippen molar-refractivity contribution in [2.24, 2.45) is 5.92 Å². The molecule has 0 aliphatic heterocycles. The van der Waals surface area contributed by atoms with Crippen molar-refractivity contribution in [2.75, 3.05) is 0 Å². The molecule has 1 aliphatic rings. The van der Waals surface area contributed by atoms with E-state index in [0.717, 1.165) is 12.3 Å². The van der Waals surface area contributed by atoms with Crippen LogP contribution in [0.3, 0.4) is 0 Å². The first kappa shape index (κ1) is 14.8. The molecule has 2 rings (SSSR count). The molecule has 1 aliphatic carbocycles. The van der Waals surface area contributed by atoms with Crippen LogP contribution in [-0.2, 0) is 6.54 Å². The Morgan fingerprint density at radius 3 is 2.85 bits per heavy atom. The number of carbonyl (C=O) groups is 1. The number of aromatic nitrogens is 2. The van der Waals surface area contributed by atoms with E-state index in [1.165, 1.54) is 32.1 Å². The summed E-state index contributed by atoms with van der Waals surface area (Å²) in [4.78, 5) is 15.8. The summed E-state index contributed by atoms with van der Waals surface area (Å²) in [6, 6.07) is 0.0222. The van der Waals surface area contributed by atoms with Crippen molar-refractivity contribution in [3.8, 4) is 0 Å². The molecular weight excluding hydrogens is 256 g/mol. The number of aryl methyl sites for hydroxylation is 1. The van der Waals surface area contributed by atoms with Crippen LogP contribution < -0.4 is 10.6 Å². The molecule has 1 fully saturated rings. The zero-order valence-electron chi connectivity index (χ0n) is 12.3. The van der Waals surface area contributed by atoms with Gasteiger partial charge in [0.1, 0.15) is 0 Å². The Kier molecular flexibility index (Phi) is 5.38. The number of carbonyl (C=O) groups excluding carboxylic acids is 1. The first-order valence-corrected chi connectivity index (χ1v) is 7.47. The zero-order valence-corrected chi connectivity index (χ0v) is 12.3. The maximum atomic E-state index is 11.7. The molecule has 1 aromatic heterocycles. The molecule has 0 aromatic carbocycles. The molecule has 6 nitrogen and oxygen atoms in total. The fourth-order valence-electron chi connectivity index (χ4n) is 2.70. The maximum Gasteiger partial charge on any atom is 0.315 e. The fourth-order valence-corrected chi connectivity index (χ4v) is 2.70. The SMILES string of the molecule is Cc1nc(CNC(=O)N[C@@H](C)CCC2CCCC2)no1. The second kappa shape index (κ2) is 7.26. The standard InChI is InChI=1S/C14H24N4O2/c1-10(7-8-12-5-3-4-6-12)16-14(19)15-9-13-17-11(2)20-18-13/h10,12H,3-9H2,1-2H3,(H2,15,16,19)/t10-/m0/s1. The van der Waals surface area contributed by atoms with Crippen molar-refractivity contribution in [1.82, 2.24) is 20.8 Å². The van der Waals surface area contributed by atoms with E-state index in [1.54, 1.807) is 6.92 Å². The third-order valence-corrected chi connectivity index (χ3v) is 3.84. The Labute approximate surface area is 119 Å². The van der Waals surface area contributed by atoms with E-state index < -0.39 is 0 Å². The highest BCUT2D eigenvalue weighted by Gasteiger charge is 2.16. The molecule has 1 saturated carbocycles. The summed E-state index contributed by atoms with van der Waals surface area (Å²) in [6.45, 7) is 4.06. The third kappa shape index (κ3) is 4.83. The van der Waals surface area contributed by atoms with Crippen LogP contribution in [0.25, 0.3) is 0 Å². The number of hydrogen-bond donors (Lipinski definition) is 2. The Balaban J connectivity index is 1.60. The summed E-state index contributed by atoms with van der Waals surface area (Å²) < 4.78 is 4.84. The van der Waals surface area contributed by atoms with Crippen LogP contribution in [0.5, 0.6) is 0 Å². The van der Waals surface area contributed by atoms with Gasteiger partial charge in [-0.25, -0.2) is 4.79 Å². The zero-order chi connectivity index (χ0) is 14.4. The van der Waals surface area contributed by atoms with Crippen LogP contribution in [0.4, 0.5) is 4.79 Å². The fraction of sp³-hybridized carbons (Fsp3) is 0.786. The molecule has 6 heteroatoms. The van der Waals surface area contributed by atoms with Gasteiger partial charge in [-0.2, -0.15) is 4.98 Å². The van der Waals surface area contributed by atoms with E-state index in [1.807, 2.05) is 6.92 Å². The van der Waals surface area contributed by atoms with Crippen LogP contribution in [0.15, 0.2) is 4.52 Å². The van der Waals surface area contributed by atoms with Gasteiger partial charge in [-0.3, -0.25) is 0 Å². The second-order valence-corrected chi connectivity index (χ2v) is 5.69. The summed E-state index contributed by atoms with van der Waals surface area (Å²) in [5, 5.41) is 9.41. The molecule has 1 aromatic rings. The lowest BCUT2D eigenvalue weighted by Crippen LogP contribution is -2.40. The molecular formula is C14H24N4O2. The van der Waals surface area contributed by atoms with Gasteiger partial charge in [-0.15, -0.1) is 0 Å². The normalized spacial score (nSPS) is 17.1. The molecule has 0 spiro atoms. The summed E-state index contributed by atoms with van der Waals surface area (Å²) in [5.41, 5.74) is 0. The van der Waals surface area contributed by atoms with Gasteiger partial charge in [0, 0.05) is 13.0 Å². The van der Waals surface area contributed by atoms with Crippen LogP contribution in [0.1, 0.15) is 57.2 Å². The van der Waals surface area contributed by atoms with Gasteiger partial charge in [0.25, 0.3) is 0 Å². The van der Waals surface area contributed by atoms with Crippen molar-refractivity contribution >= 4 is 6.03 Å². The van der Waals surface area contributed by atoms with Crippen molar-refractivity contribution < 1.29 is 9.32 Å². The van der Waals surface area contributed by atoms with E-state index in [4.69, 9.17) is 4.52 Å². The van der Waals surface area contributed by atoms with Gasteiger partial charge in [-0.05, 0) is 25.7 Å². The maximum absolute atomic E-state index is 11.7. The van der Waals surface area contributed by atoms with Gasteiger partial charge < -0.3 is 15.2 Å². The molecule has 1 heterocycles. The van der Waals surface area contributed by atoms with Gasteiger partial charge in [0.05, 0.1) is 6.54 Å². The topological polar surface area (TPSA) is 80.0 Å². The van der Waals surface area contributed by atoms with Crippen molar-refractivity contribution in [3.05, 3.63) is 11.7 Å². The van der Waals surface area contributed by atoms with E-state index >= 15 is 0 Å². The predicted octanol–water partition coefficient (Wildman–Crippen LogP) is 2.54. The molecule has 2 N–H and O–H groups in total. The molecule has 0 radical (unpaired) electrons. The van der Waals surface area contributed by atoms with E-state index in [-0.39, 0.29) is 12.1 Å². The van der Waals surface area contributed by atoms with Crippen LogP contribution in [0, 0.1) is 12.8 Å². The van der Waals surface area contributed by atoms with E-state index in [0.29, 0.717) is 18.3 Å². The molecule has 112 valence electrons. The summed E-state index contributed by atoms with van der Waals surface area (Å²) in [5.74, 6) is 1.87. The smallest absolute Gasteiger partial charge is 0.315 e. The van der Waals surface area contributed by atoms with Crippen molar-refractivity contribution in [2.45, 2.75) is 65.0 Å². The number of nitrogens with zero attached hydrogens (tertiary/aromatic N) is 2. The Morgan fingerprint density at radius 2 is 2.20 bits per heavy atom. The average molecular weight is 280 g/mol. The van der Waals surface area contributed by atoms with Crippen LogP contribution >= 0.6 is 0 Å². The Morgan fingerprint density at radius 1 is 1.45 bits per heavy atom. The molecule has 0 saturated heterocycles. The Bertz CT molecular complexity index is 427. The molecule has 1 atom stereocenters. The van der Waals surface area contributed by atoms with Gasteiger partial charge >= 0.3 is 6.03 Å². The number of rotatable bonds is 6. The lowest BCUT2D eigenvalue weighted by atomic mass is 9.99. The summed E-state index contributed by atoms with van der Waals surface area (Å²) in [6.07, 6.45) is 7.71. The highest BCUT2D eigenvalue weighted by Crippen LogP contribution is 2.28. The number of nitrogens with one attached hydrogen (secondary N) is 2. The number of amides is 2. The van der Waals surface area contributed by atoms with E-state index in [2.05, 4.69) is 20.8 Å². The average Bonchev–Trinajstić information content (AvgIpc) is 3.05. The monoisotopic (exact) mass is 280 g/mol. The van der Waals surface area contributed by atoms with E-state index in [9.17, 15) is 4.79 Å². The second-order valence-electron chi connectivity index (χ2n) is 5.69. The lowest BCUT2D eigenvalue weighted by molar-refractivity contribution is 0.235. The minimum absolute atomic E-state index is 0.175. The summed E-state index contributed by atoms with van der Waals surface area (Å²) >= 11 is 0. The summed E-state index contributed by atoms with van der Waals surface area (Å²) in [7, 11) is 0. The largest absolute Gasteiger partial charge is 0.340 e. The van der Waals surface area contributed by atoms with Gasteiger partial charge in [0.2, 0.25) is 5.89 Å². The number of hydrogen-bond acceptors (Lipinski definition) is 4. The van der Waals surface area contributed by atoms with Gasteiger partial charge in [-0.1, -0.05) is 30.8 Å². The lowest BCUT2D eigenvalue weighted by Gasteiger charge is -2.16. The first-order chi connectivity index (χ1) is 9.63. The quantitative estimate of drug-likeness (QED) is 0.839. The third-order valence-electron chi connectivity index (χ3n) is 3.84. The van der Waals surface area contributed by atoms with Crippen molar-refractivity contribution in [1.29, 1.82) is 0 Å². The minimum atomic E-state index is -0.175. The highest BCUT2D eigenvalue weighted by atomic mass is 16.5. The minimum Gasteiger partial charge on any atom is -0.340 e. The Hall–Kier alpha value is -1.59. The predicted molar refractivity (Wildman–Crippen MR) is 75.1 cm³/mol. The highest BCUT2D eigenvalue weighted by molar-refractivity contribution is 5.73. The molecule has 0 bridgehead atoms. The van der Waals surface area contributed by atoms with Crippen LogP contribution in [0.2, 0.25) is 0 Å². The molecule has 2 amide bonds. The van der Waals surface area contributed by atoms with Crippen molar-refractivity contribution in [3.63, 3.8) is 0 Å². The number of urea groups is 1. The molecule has 20 heavy (non-hydrogen) atoms. The van der Waals surface area contributed by atoms with Gasteiger partial charge in [0.15, 0.2) is 5.82 Å². The van der Waals surface area contributed by atoms with Crippen LogP contribution in [-0.4, -0.2) is 22.2 Å².